The summed E-state index contributed by atoms with van der Waals surface area (Å²) < 4.78 is 44.0. The molecule has 214 valence electrons. The van der Waals surface area contributed by atoms with Crippen molar-refractivity contribution in [3.63, 3.8) is 0 Å². The summed E-state index contributed by atoms with van der Waals surface area (Å²) in [5, 5.41) is 10.3. The molecule has 3 aliphatic rings. The number of nitrogens with two attached hydrogens (primary N) is 1. The molecular formula is C31H33FN4O4S. The lowest BCUT2D eigenvalue weighted by molar-refractivity contribution is -0.134. The third-order valence-corrected chi connectivity index (χ3v) is 10.7. The molecule has 2 N–H and O–H groups in total. The summed E-state index contributed by atoms with van der Waals surface area (Å²) in [5.41, 5.74) is 7.96. The largest absolute Gasteiger partial charge is 0.440 e. The fourth-order valence-corrected chi connectivity index (χ4v) is 7.95. The van der Waals surface area contributed by atoms with E-state index in [1.807, 2.05) is 29.2 Å². The molecular weight excluding hydrogens is 543 g/mol. The van der Waals surface area contributed by atoms with Crippen molar-refractivity contribution < 1.29 is 22.0 Å². The highest BCUT2D eigenvalue weighted by molar-refractivity contribution is 7.91. The number of sulfone groups is 1. The van der Waals surface area contributed by atoms with Crippen LogP contribution in [0.15, 0.2) is 52.9 Å². The fourth-order valence-electron chi connectivity index (χ4n) is 6.75. The Labute approximate surface area is 239 Å². The topological polar surface area (TPSA) is 130 Å². The van der Waals surface area contributed by atoms with Crippen LogP contribution < -0.4 is 10.6 Å². The van der Waals surface area contributed by atoms with Crippen LogP contribution in [0.5, 0.6) is 0 Å². The van der Waals surface area contributed by atoms with Crippen LogP contribution in [-0.4, -0.2) is 43.9 Å². The van der Waals surface area contributed by atoms with Crippen molar-refractivity contribution in [1.29, 1.82) is 5.26 Å². The number of nitrogens with zero attached hydrogens (tertiary/aromatic N) is 3. The van der Waals surface area contributed by atoms with Gasteiger partial charge in [-0.3, -0.25) is 4.79 Å². The number of anilines is 1. The van der Waals surface area contributed by atoms with Crippen LogP contribution in [0.4, 0.5) is 10.1 Å². The average Bonchev–Trinajstić information content (AvgIpc) is 3.71. The molecule has 10 heteroatoms. The lowest BCUT2D eigenvalue weighted by atomic mass is 9.57. The Morgan fingerprint density at radius 2 is 1.71 bits per heavy atom. The number of nitriles is 1. The maximum atomic E-state index is 13.7. The van der Waals surface area contributed by atoms with Gasteiger partial charge in [-0.25, -0.2) is 17.8 Å². The van der Waals surface area contributed by atoms with E-state index in [2.05, 4.69) is 6.07 Å². The van der Waals surface area contributed by atoms with Gasteiger partial charge in [0.25, 0.3) is 0 Å². The van der Waals surface area contributed by atoms with E-state index < -0.39 is 33.0 Å². The van der Waals surface area contributed by atoms with Gasteiger partial charge in [0.1, 0.15) is 17.3 Å². The van der Waals surface area contributed by atoms with Gasteiger partial charge in [0.15, 0.2) is 9.84 Å². The Morgan fingerprint density at radius 3 is 2.32 bits per heavy atom. The summed E-state index contributed by atoms with van der Waals surface area (Å²) in [7, 11) is -3.00. The minimum atomic E-state index is -3.00. The van der Waals surface area contributed by atoms with E-state index in [1.165, 1.54) is 12.1 Å². The predicted molar refractivity (Wildman–Crippen MR) is 153 cm³/mol. The third-order valence-electron chi connectivity index (χ3n) is 9.11. The van der Waals surface area contributed by atoms with E-state index in [0.29, 0.717) is 48.8 Å². The van der Waals surface area contributed by atoms with Gasteiger partial charge in [-0.05, 0) is 68.0 Å². The van der Waals surface area contributed by atoms with E-state index in [-0.39, 0.29) is 23.2 Å². The highest BCUT2D eigenvalue weighted by Gasteiger charge is 2.58. The number of benzene rings is 2. The molecule has 2 aromatic carbocycles. The van der Waals surface area contributed by atoms with Gasteiger partial charge in [-0.2, -0.15) is 5.26 Å². The van der Waals surface area contributed by atoms with Crippen molar-refractivity contribution >= 4 is 21.4 Å². The molecule has 3 aromatic rings. The number of halogens is 1. The maximum absolute atomic E-state index is 13.7. The molecule has 2 aliphatic carbocycles. The Morgan fingerprint density at radius 1 is 1.05 bits per heavy atom. The predicted octanol–water partition coefficient (Wildman–Crippen LogP) is 5.06. The second-order valence-corrected chi connectivity index (χ2v) is 13.9. The smallest absolute Gasteiger partial charge is 0.226 e. The van der Waals surface area contributed by atoms with Crippen LogP contribution in [0.25, 0.3) is 22.7 Å². The van der Waals surface area contributed by atoms with Crippen LogP contribution in [0.1, 0.15) is 50.2 Å². The number of oxazole rings is 1. The molecule has 1 amide bonds. The van der Waals surface area contributed by atoms with Gasteiger partial charge in [0, 0.05) is 35.8 Å². The first-order valence-electron chi connectivity index (χ1n) is 14.2. The number of hydrogen-bond donors (Lipinski definition) is 1. The number of primary amides is 1. The van der Waals surface area contributed by atoms with Crippen molar-refractivity contribution in [1.82, 2.24) is 4.98 Å². The highest BCUT2D eigenvalue weighted by Crippen LogP contribution is 2.59. The fraction of sp³-hybridized carbons (Fsp3) is 0.452. The number of aromatic nitrogens is 1. The number of amides is 1. The standard InChI is InChI=1S/C31H33FN4O4S/c32-23-10-6-22(7-11-23)29-35-27(21-8-12-24(13-9-21)36-15-17-41(38,39)18-16-36)28(40-29)25-3-1-2-14-31(25,30(34)37)26(19-33)20-4-5-20/h6-13,20,25-26H,1-5,14-18H2,(H2,34,37)/t25?,26-,31?/m0/s1. The van der Waals surface area contributed by atoms with Crippen LogP contribution in [0.2, 0.25) is 0 Å². The number of rotatable bonds is 7. The Hall–Kier alpha value is -3.71. The normalized spacial score (nSPS) is 24.9. The van der Waals surface area contributed by atoms with E-state index in [0.717, 1.165) is 36.9 Å². The van der Waals surface area contributed by atoms with Gasteiger partial charge in [0.05, 0.1) is 28.9 Å². The summed E-state index contributed by atoms with van der Waals surface area (Å²) in [6.07, 6.45) is 4.64. The summed E-state index contributed by atoms with van der Waals surface area (Å²) in [4.78, 5) is 20.3. The lowest BCUT2D eigenvalue weighted by Gasteiger charge is -2.44. The third kappa shape index (κ3) is 5.12. The maximum Gasteiger partial charge on any atom is 0.226 e. The molecule has 8 nitrogen and oxygen atoms in total. The number of carbonyl (C=O) groups excluding carboxylic acids is 1. The minimum absolute atomic E-state index is 0.126. The first-order valence-corrected chi connectivity index (χ1v) is 16.1. The SMILES string of the molecule is N#C[C@@H](C1CC1)C1(C(N)=O)CCCCC1c1oc(-c2ccc(F)cc2)nc1-c1ccc(N2CCS(=O)(=O)CC2)cc1. The molecule has 0 radical (unpaired) electrons. The van der Waals surface area contributed by atoms with Crippen LogP contribution in [-0.2, 0) is 14.6 Å². The number of hydrogen-bond acceptors (Lipinski definition) is 7. The molecule has 2 unspecified atom stereocenters. The zero-order valence-corrected chi connectivity index (χ0v) is 23.6. The lowest BCUT2D eigenvalue weighted by Crippen LogP contribution is -2.49. The molecule has 41 heavy (non-hydrogen) atoms. The van der Waals surface area contributed by atoms with E-state index in [4.69, 9.17) is 15.1 Å². The van der Waals surface area contributed by atoms with Gasteiger partial charge in [0.2, 0.25) is 11.8 Å². The second kappa shape index (κ2) is 10.6. The molecule has 1 saturated heterocycles. The van der Waals surface area contributed by atoms with Crippen molar-refractivity contribution in [2.45, 2.75) is 44.4 Å². The number of carbonyl (C=O) groups is 1. The molecule has 1 aromatic heterocycles. The molecule has 2 saturated carbocycles. The second-order valence-electron chi connectivity index (χ2n) is 11.6. The van der Waals surface area contributed by atoms with Crippen molar-refractivity contribution in [3.05, 3.63) is 60.1 Å². The first kappa shape index (κ1) is 27.5. The molecule has 1 aliphatic heterocycles. The van der Waals surface area contributed by atoms with Crippen molar-refractivity contribution in [2.75, 3.05) is 29.5 Å². The van der Waals surface area contributed by atoms with Crippen LogP contribution >= 0.6 is 0 Å². The van der Waals surface area contributed by atoms with Crippen molar-refractivity contribution in [2.24, 2.45) is 23.0 Å². The average molecular weight is 577 g/mol. The molecule has 0 spiro atoms. The molecule has 3 atom stereocenters. The Bertz CT molecular complexity index is 1580. The van der Waals surface area contributed by atoms with Gasteiger partial charge < -0.3 is 15.1 Å². The summed E-state index contributed by atoms with van der Waals surface area (Å²) in [6, 6.07) is 16.1. The molecule has 3 fully saturated rings. The van der Waals surface area contributed by atoms with Crippen molar-refractivity contribution in [3.8, 4) is 28.8 Å². The minimum Gasteiger partial charge on any atom is -0.440 e. The molecule has 0 bridgehead atoms. The van der Waals surface area contributed by atoms with E-state index in [9.17, 15) is 22.9 Å². The van der Waals surface area contributed by atoms with Crippen LogP contribution in [0.3, 0.4) is 0 Å². The Kier molecular flexibility index (Phi) is 7.10. The monoisotopic (exact) mass is 576 g/mol. The van der Waals surface area contributed by atoms with Gasteiger partial charge in [-0.1, -0.05) is 25.0 Å². The van der Waals surface area contributed by atoms with Gasteiger partial charge >= 0.3 is 0 Å². The van der Waals surface area contributed by atoms with E-state index >= 15 is 0 Å². The van der Waals surface area contributed by atoms with Gasteiger partial charge in [-0.15, -0.1) is 0 Å². The zero-order valence-electron chi connectivity index (χ0n) is 22.8. The van der Waals surface area contributed by atoms with Crippen LogP contribution in [0, 0.1) is 34.4 Å². The zero-order chi connectivity index (χ0) is 28.8. The Balaban J connectivity index is 1.44. The molecule has 2 heterocycles. The molecule has 6 rings (SSSR count). The highest BCUT2D eigenvalue weighted by atomic mass is 32.2. The quantitative estimate of drug-likeness (QED) is 0.416. The summed E-state index contributed by atoms with van der Waals surface area (Å²) in [5.74, 6) is -0.543. The first-order chi connectivity index (χ1) is 19.7. The summed E-state index contributed by atoms with van der Waals surface area (Å²) in [6.45, 7) is 0.872. The summed E-state index contributed by atoms with van der Waals surface area (Å²) >= 11 is 0. The van der Waals surface area contributed by atoms with E-state index in [1.54, 1.807) is 12.1 Å².